The lowest BCUT2D eigenvalue weighted by Crippen LogP contribution is -2.39. The molecule has 1 saturated heterocycles. The van der Waals surface area contributed by atoms with Crippen LogP contribution in [0, 0.1) is 0 Å². The molecule has 6 N–H and O–H groups in total. The zero-order valence-electron chi connectivity index (χ0n) is 19.3. The van der Waals surface area contributed by atoms with Gasteiger partial charge in [-0.1, -0.05) is 24.3 Å². The minimum Gasteiger partial charge on any atom is -0.425 e. The van der Waals surface area contributed by atoms with E-state index in [0.717, 1.165) is 5.41 Å². The van der Waals surface area contributed by atoms with Gasteiger partial charge in [-0.3, -0.25) is 4.57 Å². The molecule has 196 valence electrons. The molecular formula is C23H25N5O8S. The zero-order valence-corrected chi connectivity index (χ0v) is 20.2. The fourth-order valence-electron chi connectivity index (χ4n) is 4.44. The lowest BCUT2D eigenvalue weighted by molar-refractivity contribution is -0.166. The number of hydrogen-bond donors (Lipinski definition) is 5. The van der Waals surface area contributed by atoms with E-state index < -0.39 is 46.3 Å². The van der Waals surface area contributed by atoms with Gasteiger partial charge < -0.3 is 30.5 Å². The summed E-state index contributed by atoms with van der Waals surface area (Å²) >= 11 is 0. The van der Waals surface area contributed by atoms with Gasteiger partial charge in [-0.15, -0.1) is 0 Å². The summed E-state index contributed by atoms with van der Waals surface area (Å²) < 4.78 is 39.4. The predicted molar refractivity (Wildman–Crippen MR) is 129 cm³/mol. The molecule has 37 heavy (non-hydrogen) atoms. The molecule has 14 heteroatoms. The molecule has 0 spiro atoms. The zero-order chi connectivity index (χ0) is 26.4. The van der Waals surface area contributed by atoms with Crippen LogP contribution in [0.1, 0.15) is 35.0 Å². The van der Waals surface area contributed by atoms with E-state index in [9.17, 15) is 28.5 Å². The summed E-state index contributed by atoms with van der Waals surface area (Å²) in [5, 5.41) is 32.6. The van der Waals surface area contributed by atoms with Gasteiger partial charge in [0.25, 0.3) is 0 Å². The highest BCUT2D eigenvalue weighted by Gasteiger charge is 2.45. The van der Waals surface area contributed by atoms with Crippen LogP contribution in [0.5, 0.6) is 0 Å². The normalized spacial score (nSPS) is 27.7. The van der Waals surface area contributed by atoms with Crippen molar-refractivity contribution in [1.82, 2.24) is 19.3 Å². The second kappa shape index (κ2) is 9.48. The molecule has 13 nitrogen and oxygen atoms in total. The second-order valence-corrected chi connectivity index (χ2v) is 10.4. The number of nitrogens with two attached hydrogens (primary N) is 1. The standard InChI is InChI=1S/C23H25N5O8S/c24-15-7-9-25-20-17(15)26-12-28(20)21-19(30)18(29)16(35-21)11-27-37(33,34)10-4-3-8-23(32)14-6-2-1-5-13(14)22(31)36-23/h1-2,4-7,9-10,12,16,18-19,21,27,29-30,32H,3,8,11H2,(H2,24,25)/b10-4+/t16-,18-,19-,21-,23?/m1/s1. The van der Waals surface area contributed by atoms with Crippen molar-refractivity contribution in [2.75, 3.05) is 12.3 Å². The van der Waals surface area contributed by atoms with Gasteiger partial charge in [-0.2, -0.15) is 0 Å². The fourth-order valence-corrected chi connectivity index (χ4v) is 5.32. The number of esters is 1. The van der Waals surface area contributed by atoms with Crippen LogP contribution in [0.3, 0.4) is 0 Å². The van der Waals surface area contributed by atoms with Gasteiger partial charge >= 0.3 is 5.97 Å². The number of nitrogens with one attached hydrogen (secondary N) is 1. The highest BCUT2D eigenvalue weighted by atomic mass is 32.2. The van der Waals surface area contributed by atoms with Crippen molar-refractivity contribution in [1.29, 1.82) is 0 Å². The number of carbonyl (C=O) groups is 1. The molecule has 5 atom stereocenters. The van der Waals surface area contributed by atoms with Gasteiger partial charge in [-0.25, -0.2) is 27.9 Å². The van der Waals surface area contributed by atoms with Gasteiger partial charge in [0.15, 0.2) is 11.9 Å². The Kier molecular flexibility index (Phi) is 6.47. The number of aromatic nitrogens is 3. The predicted octanol–water partition coefficient (Wildman–Crippen LogP) is -0.138. The molecule has 0 amide bonds. The molecule has 2 aliphatic heterocycles. The van der Waals surface area contributed by atoms with E-state index in [1.807, 2.05) is 0 Å². The summed E-state index contributed by atoms with van der Waals surface area (Å²) in [6.07, 6.45) is -0.674. The Labute approximate surface area is 211 Å². The molecule has 3 aromatic rings. The van der Waals surface area contributed by atoms with E-state index in [-0.39, 0.29) is 24.9 Å². The van der Waals surface area contributed by atoms with Crippen molar-refractivity contribution >= 4 is 32.8 Å². The molecule has 2 aromatic heterocycles. The number of benzene rings is 1. The van der Waals surface area contributed by atoms with Crippen LogP contribution >= 0.6 is 0 Å². The second-order valence-electron chi connectivity index (χ2n) is 8.79. The molecule has 1 aromatic carbocycles. The molecular weight excluding hydrogens is 506 g/mol. The van der Waals surface area contributed by atoms with Gasteiger partial charge in [0.1, 0.15) is 23.8 Å². The lowest BCUT2D eigenvalue weighted by Gasteiger charge is -2.21. The van der Waals surface area contributed by atoms with Crippen LogP contribution in [0.2, 0.25) is 0 Å². The first-order chi connectivity index (χ1) is 17.6. The van der Waals surface area contributed by atoms with E-state index in [1.54, 1.807) is 30.3 Å². The highest BCUT2D eigenvalue weighted by molar-refractivity contribution is 7.92. The molecule has 0 radical (unpaired) electrons. The third kappa shape index (κ3) is 4.70. The van der Waals surface area contributed by atoms with Crippen LogP contribution in [0.15, 0.2) is 54.3 Å². The van der Waals surface area contributed by atoms with Crippen molar-refractivity contribution < 1.29 is 38.0 Å². The number of aliphatic hydroxyl groups excluding tert-OH is 2. The maximum absolute atomic E-state index is 12.4. The molecule has 0 saturated carbocycles. The van der Waals surface area contributed by atoms with E-state index in [0.29, 0.717) is 22.4 Å². The quantitative estimate of drug-likeness (QED) is 0.242. The van der Waals surface area contributed by atoms with Gasteiger partial charge in [0.2, 0.25) is 15.8 Å². The Morgan fingerprint density at radius 2 is 1.97 bits per heavy atom. The number of pyridine rings is 1. The fraction of sp³-hybridized carbons (Fsp3) is 0.348. The molecule has 2 aliphatic rings. The van der Waals surface area contributed by atoms with E-state index in [1.165, 1.54) is 23.2 Å². The van der Waals surface area contributed by atoms with Crippen molar-refractivity contribution in [3.8, 4) is 0 Å². The SMILES string of the molecule is Nc1ccnc2c1ncn2[C@@H]1O[C@H](CNS(=O)(=O)/C=C/CCC2(O)OC(=O)c3ccccc32)[C@@H](O)[C@H]1O. The Morgan fingerprint density at radius 1 is 1.19 bits per heavy atom. The Balaban J connectivity index is 1.18. The number of cyclic esters (lactones) is 1. The van der Waals surface area contributed by atoms with Crippen molar-refractivity contribution in [3.63, 3.8) is 0 Å². The summed E-state index contributed by atoms with van der Waals surface area (Å²) in [5.41, 5.74) is 7.62. The molecule has 5 rings (SSSR count). The summed E-state index contributed by atoms with van der Waals surface area (Å²) in [5.74, 6) is -2.48. The maximum Gasteiger partial charge on any atom is 0.341 e. The number of rotatable bonds is 8. The average Bonchev–Trinajstić information content (AvgIpc) is 3.50. The van der Waals surface area contributed by atoms with Crippen molar-refractivity contribution in [2.24, 2.45) is 0 Å². The molecule has 0 aliphatic carbocycles. The largest absolute Gasteiger partial charge is 0.425 e. The number of anilines is 1. The molecule has 1 unspecified atom stereocenters. The van der Waals surface area contributed by atoms with Crippen LogP contribution in [-0.2, 0) is 25.3 Å². The number of carbonyl (C=O) groups excluding carboxylic acids is 1. The summed E-state index contributed by atoms with van der Waals surface area (Å²) in [7, 11) is -3.95. The number of nitrogen functional groups attached to an aromatic ring is 1. The summed E-state index contributed by atoms with van der Waals surface area (Å²) in [6.45, 7) is -0.321. The van der Waals surface area contributed by atoms with Gasteiger partial charge in [0.05, 0.1) is 17.6 Å². The number of sulfonamides is 1. The number of allylic oxidation sites excluding steroid dienone is 1. The third-order valence-electron chi connectivity index (χ3n) is 6.34. The number of imidazole rings is 1. The average molecular weight is 532 g/mol. The minimum absolute atomic E-state index is 0.0441. The van der Waals surface area contributed by atoms with Crippen molar-refractivity contribution in [2.45, 2.75) is 43.2 Å². The molecule has 1 fully saturated rings. The Morgan fingerprint density at radius 3 is 2.78 bits per heavy atom. The molecule has 0 bridgehead atoms. The number of aliphatic hydroxyl groups is 3. The van der Waals surface area contributed by atoms with Crippen molar-refractivity contribution in [3.05, 3.63) is 65.5 Å². The van der Waals surface area contributed by atoms with E-state index in [2.05, 4.69) is 14.7 Å². The number of ether oxygens (including phenoxy) is 2. The number of nitrogens with zero attached hydrogens (tertiary/aromatic N) is 3. The van der Waals surface area contributed by atoms with Crippen LogP contribution < -0.4 is 10.5 Å². The first-order valence-corrected chi connectivity index (χ1v) is 12.9. The minimum atomic E-state index is -3.95. The van der Waals surface area contributed by atoms with E-state index in [4.69, 9.17) is 15.2 Å². The van der Waals surface area contributed by atoms with Crippen LogP contribution in [0.4, 0.5) is 5.69 Å². The van der Waals surface area contributed by atoms with Gasteiger partial charge in [0, 0.05) is 30.1 Å². The molecule has 4 heterocycles. The Bertz CT molecular complexity index is 1470. The summed E-state index contributed by atoms with van der Waals surface area (Å²) in [4.78, 5) is 20.3. The number of fused-ring (bicyclic) bond motifs is 2. The third-order valence-corrected chi connectivity index (χ3v) is 7.46. The first kappa shape index (κ1) is 25.3. The summed E-state index contributed by atoms with van der Waals surface area (Å²) in [6, 6.07) is 8.01. The van der Waals surface area contributed by atoms with Crippen LogP contribution in [0.25, 0.3) is 11.2 Å². The smallest absolute Gasteiger partial charge is 0.341 e. The number of hydrogen-bond acceptors (Lipinski definition) is 11. The van der Waals surface area contributed by atoms with Gasteiger partial charge in [-0.05, 0) is 18.6 Å². The highest BCUT2D eigenvalue weighted by Crippen LogP contribution is 2.37. The first-order valence-electron chi connectivity index (χ1n) is 11.4. The van der Waals surface area contributed by atoms with Crippen LogP contribution in [-0.4, -0.2) is 69.1 Å². The monoisotopic (exact) mass is 531 g/mol. The lowest BCUT2D eigenvalue weighted by atomic mass is 9.98. The topological polar surface area (TPSA) is 199 Å². The Hall–Kier alpha value is -3.40. The maximum atomic E-state index is 12.4. The van der Waals surface area contributed by atoms with E-state index >= 15 is 0 Å².